The second-order valence-electron chi connectivity index (χ2n) is 7.91. The number of nitrogens with one attached hydrogen (secondary N) is 1. The van der Waals surface area contributed by atoms with Crippen molar-refractivity contribution in [3.63, 3.8) is 0 Å². The van der Waals surface area contributed by atoms with Gasteiger partial charge in [-0.1, -0.05) is 30.3 Å². The third-order valence-corrected chi connectivity index (χ3v) is 6.18. The lowest BCUT2D eigenvalue weighted by molar-refractivity contribution is -0.129. The second-order valence-corrected chi connectivity index (χ2v) is 7.91. The summed E-state index contributed by atoms with van der Waals surface area (Å²) in [7, 11) is 0. The maximum atomic E-state index is 13.1. The molecule has 1 spiro atoms. The first kappa shape index (κ1) is 19.2. The third-order valence-electron chi connectivity index (χ3n) is 6.18. The Labute approximate surface area is 178 Å². The van der Waals surface area contributed by atoms with E-state index in [0.717, 1.165) is 11.1 Å². The van der Waals surface area contributed by atoms with Crippen molar-refractivity contribution in [3.05, 3.63) is 72.1 Å². The van der Waals surface area contributed by atoms with Crippen molar-refractivity contribution in [1.82, 2.24) is 25.1 Å². The molecule has 2 aliphatic heterocycles. The Morgan fingerprint density at radius 2 is 1.68 bits per heavy atom. The van der Waals surface area contributed by atoms with Crippen LogP contribution in [0.4, 0.5) is 4.79 Å². The highest BCUT2D eigenvalue weighted by atomic mass is 16.2. The Balaban J connectivity index is 1.34. The molecule has 0 radical (unpaired) electrons. The molecular weight excluding hydrogens is 394 g/mol. The van der Waals surface area contributed by atoms with Crippen molar-refractivity contribution in [2.24, 2.45) is 0 Å². The number of benzene rings is 2. The zero-order valence-electron chi connectivity index (χ0n) is 16.8. The van der Waals surface area contributed by atoms with E-state index in [1.54, 1.807) is 40.4 Å². The van der Waals surface area contributed by atoms with E-state index in [9.17, 15) is 14.4 Å². The first-order valence-electron chi connectivity index (χ1n) is 10.2. The smallest absolute Gasteiger partial charge is 0.325 e. The van der Waals surface area contributed by atoms with Gasteiger partial charge in [-0.2, -0.15) is 0 Å². The molecule has 8 nitrogen and oxygen atoms in total. The quantitative estimate of drug-likeness (QED) is 0.663. The monoisotopic (exact) mass is 415 g/mol. The van der Waals surface area contributed by atoms with Crippen LogP contribution in [0.1, 0.15) is 28.8 Å². The molecule has 2 aromatic carbocycles. The van der Waals surface area contributed by atoms with Crippen LogP contribution in [-0.4, -0.2) is 56.2 Å². The topological polar surface area (TPSA) is 95.5 Å². The Bertz CT molecular complexity index is 1170. The van der Waals surface area contributed by atoms with Gasteiger partial charge >= 0.3 is 6.03 Å². The standard InChI is InChI=1S/C23H21N5O3/c29-20(17-6-7-18-19(14-17)25-11-10-24-18)27-12-8-23(9-13-27)21(30)26-22(31)28(23)15-16-4-2-1-3-5-16/h1-7,10-11,14H,8-9,12-13,15H2,(H,26,30,31). The number of likely N-dealkylation sites (tertiary alicyclic amines) is 1. The minimum Gasteiger partial charge on any atom is -0.338 e. The molecule has 5 rings (SSSR count). The van der Waals surface area contributed by atoms with Gasteiger partial charge in [0.05, 0.1) is 11.0 Å². The maximum Gasteiger partial charge on any atom is 0.325 e. The summed E-state index contributed by atoms with van der Waals surface area (Å²) in [4.78, 5) is 50.2. The highest BCUT2D eigenvalue weighted by Crippen LogP contribution is 2.35. The van der Waals surface area contributed by atoms with Gasteiger partial charge in [-0.15, -0.1) is 0 Å². The van der Waals surface area contributed by atoms with E-state index in [4.69, 9.17) is 0 Å². The molecule has 2 saturated heterocycles. The summed E-state index contributed by atoms with van der Waals surface area (Å²) in [5.41, 5.74) is 1.98. The van der Waals surface area contributed by atoms with Gasteiger partial charge in [0.2, 0.25) is 0 Å². The van der Waals surface area contributed by atoms with Crippen LogP contribution in [0.15, 0.2) is 60.9 Å². The van der Waals surface area contributed by atoms with E-state index in [1.165, 1.54) is 0 Å². The highest BCUT2D eigenvalue weighted by molar-refractivity contribution is 6.07. The van der Waals surface area contributed by atoms with Crippen LogP contribution < -0.4 is 5.32 Å². The summed E-state index contributed by atoms with van der Waals surface area (Å²) in [6.07, 6.45) is 4.01. The van der Waals surface area contributed by atoms with Crippen LogP contribution in [0.5, 0.6) is 0 Å². The molecule has 4 amide bonds. The fourth-order valence-corrected chi connectivity index (χ4v) is 4.44. The van der Waals surface area contributed by atoms with Crippen molar-refractivity contribution in [2.75, 3.05) is 13.1 Å². The number of aromatic nitrogens is 2. The van der Waals surface area contributed by atoms with Gasteiger partial charge in [0.1, 0.15) is 5.54 Å². The normalized spacial score (nSPS) is 17.9. The summed E-state index contributed by atoms with van der Waals surface area (Å²) in [5.74, 6) is -0.386. The first-order chi connectivity index (χ1) is 15.1. The SMILES string of the molecule is O=C(c1ccc2nccnc2c1)N1CCC2(CC1)C(=O)NC(=O)N2Cc1ccccc1. The van der Waals surface area contributed by atoms with E-state index in [-0.39, 0.29) is 17.8 Å². The molecule has 1 N–H and O–H groups in total. The molecule has 0 bridgehead atoms. The number of urea groups is 1. The number of piperidine rings is 1. The molecule has 0 saturated carbocycles. The van der Waals surface area contributed by atoms with Gasteiger partial charge in [-0.3, -0.25) is 24.9 Å². The minimum absolute atomic E-state index is 0.109. The Morgan fingerprint density at radius 3 is 2.42 bits per heavy atom. The number of imide groups is 1. The molecule has 1 aromatic heterocycles. The first-order valence-corrected chi connectivity index (χ1v) is 10.2. The Kier molecular flexibility index (Phi) is 4.62. The van der Waals surface area contributed by atoms with Gasteiger partial charge in [0.25, 0.3) is 11.8 Å². The van der Waals surface area contributed by atoms with E-state index >= 15 is 0 Å². The number of rotatable bonds is 3. The third kappa shape index (κ3) is 3.30. The van der Waals surface area contributed by atoms with Crippen LogP contribution in [-0.2, 0) is 11.3 Å². The molecule has 2 fully saturated rings. The number of carbonyl (C=O) groups is 3. The number of carbonyl (C=O) groups excluding carboxylic acids is 3. The molecule has 8 heteroatoms. The number of hydrogen-bond acceptors (Lipinski definition) is 5. The molecule has 31 heavy (non-hydrogen) atoms. The molecule has 0 aliphatic carbocycles. The Hall–Kier alpha value is -3.81. The average Bonchev–Trinajstić information content (AvgIpc) is 3.03. The lowest BCUT2D eigenvalue weighted by Gasteiger charge is -2.42. The van der Waals surface area contributed by atoms with Crippen LogP contribution in [0.25, 0.3) is 11.0 Å². The summed E-state index contributed by atoms with van der Waals surface area (Å²) in [6, 6.07) is 14.5. The van der Waals surface area contributed by atoms with Crippen molar-refractivity contribution in [1.29, 1.82) is 0 Å². The summed E-state index contributed by atoms with van der Waals surface area (Å²) in [5, 5.41) is 2.47. The lowest BCUT2D eigenvalue weighted by Crippen LogP contribution is -2.57. The van der Waals surface area contributed by atoms with Gasteiger partial charge in [0.15, 0.2) is 0 Å². The van der Waals surface area contributed by atoms with Crippen molar-refractivity contribution < 1.29 is 14.4 Å². The predicted octanol–water partition coefficient (Wildman–Crippen LogP) is 2.36. The van der Waals surface area contributed by atoms with Crippen molar-refractivity contribution in [2.45, 2.75) is 24.9 Å². The highest BCUT2D eigenvalue weighted by Gasteiger charge is 2.54. The van der Waals surface area contributed by atoms with Crippen LogP contribution in [0, 0.1) is 0 Å². The average molecular weight is 415 g/mol. The second kappa shape index (κ2) is 7.46. The summed E-state index contributed by atoms with van der Waals surface area (Å²) in [6.45, 7) is 1.14. The fraction of sp³-hybridized carbons (Fsp3) is 0.261. The van der Waals surface area contributed by atoms with Crippen LogP contribution in [0.2, 0.25) is 0 Å². The minimum atomic E-state index is -0.918. The molecule has 3 heterocycles. The number of hydrogen-bond donors (Lipinski definition) is 1. The van der Waals surface area contributed by atoms with Gasteiger partial charge in [-0.05, 0) is 36.6 Å². The van der Waals surface area contributed by atoms with Gasteiger partial charge in [-0.25, -0.2) is 4.79 Å². The van der Waals surface area contributed by atoms with E-state index in [1.807, 2.05) is 30.3 Å². The van der Waals surface area contributed by atoms with E-state index in [2.05, 4.69) is 15.3 Å². The zero-order valence-corrected chi connectivity index (χ0v) is 16.8. The molecule has 156 valence electrons. The van der Waals surface area contributed by atoms with E-state index in [0.29, 0.717) is 43.6 Å². The molecular formula is C23H21N5O3. The number of amides is 4. The molecule has 2 aliphatic rings. The molecule has 0 unspecified atom stereocenters. The maximum absolute atomic E-state index is 13.1. The molecule has 0 atom stereocenters. The number of nitrogens with zero attached hydrogens (tertiary/aromatic N) is 4. The molecule has 3 aromatic rings. The van der Waals surface area contributed by atoms with E-state index < -0.39 is 5.54 Å². The van der Waals surface area contributed by atoms with Gasteiger partial charge < -0.3 is 9.80 Å². The zero-order chi connectivity index (χ0) is 21.4. The van der Waals surface area contributed by atoms with Gasteiger partial charge in [0, 0.05) is 37.6 Å². The van der Waals surface area contributed by atoms with Crippen LogP contribution in [0.3, 0.4) is 0 Å². The Morgan fingerprint density at radius 1 is 0.968 bits per heavy atom. The largest absolute Gasteiger partial charge is 0.338 e. The van der Waals surface area contributed by atoms with Crippen molar-refractivity contribution >= 4 is 28.9 Å². The summed E-state index contributed by atoms with van der Waals surface area (Å²) < 4.78 is 0. The summed E-state index contributed by atoms with van der Waals surface area (Å²) >= 11 is 0. The van der Waals surface area contributed by atoms with Crippen molar-refractivity contribution in [3.8, 4) is 0 Å². The lowest BCUT2D eigenvalue weighted by atomic mass is 9.85. The van der Waals surface area contributed by atoms with Crippen LogP contribution >= 0.6 is 0 Å². The fourth-order valence-electron chi connectivity index (χ4n) is 4.44. The number of fused-ring (bicyclic) bond motifs is 1. The predicted molar refractivity (Wildman–Crippen MR) is 113 cm³/mol.